The molecule has 4 saturated heterocycles. The summed E-state index contributed by atoms with van der Waals surface area (Å²) >= 11 is 12.3. The summed E-state index contributed by atoms with van der Waals surface area (Å²) in [5.74, 6) is -0.787. The molecule has 0 N–H and O–H groups in total. The quantitative estimate of drug-likeness (QED) is 0.552. The molecule has 0 aromatic heterocycles. The van der Waals surface area contributed by atoms with Gasteiger partial charge in [0.15, 0.2) is 5.79 Å². The second-order valence-corrected chi connectivity index (χ2v) is 10.3. The van der Waals surface area contributed by atoms with Gasteiger partial charge in [0.05, 0.1) is 17.6 Å². The van der Waals surface area contributed by atoms with Crippen LogP contribution >= 0.6 is 23.2 Å². The van der Waals surface area contributed by atoms with Crippen LogP contribution in [0.25, 0.3) is 0 Å². The fourth-order valence-electron chi connectivity index (χ4n) is 5.55. The minimum Gasteiger partial charge on any atom is -0.339 e. The molecule has 29 heavy (non-hydrogen) atoms. The van der Waals surface area contributed by atoms with Gasteiger partial charge < -0.3 is 14.2 Å². The molecular formula is C24H26Cl2O3. The van der Waals surface area contributed by atoms with Crippen molar-refractivity contribution in [1.29, 1.82) is 0 Å². The van der Waals surface area contributed by atoms with Gasteiger partial charge >= 0.3 is 0 Å². The zero-order valence-corrected chi connectivity index (χ0v) is 18.6. The molecule has 4 heterocycles. The van der Waals surface area contributed by atoms with Crippen LogP contribution in [0.5, 0.6) is 0 Å². The first-order valence-electron chi connectivity index (χ1n) is 10.3. The maximum atomic E-state index is 6.89. The molecule has 2 aromatic rings. The van der Waals surface area contributed by atoms with E-state index < -0.39 is 17.2 Å². The Balaban J connectivity index is 1.72. The third kappa shape index (κ3) is 2.82. The Kier molecular flexibility index (Phi) is 4.41. The lowest BCUT2D eigenvalue weighted by atomic mass is 9.65. The molecule has 0 aliphatic carbocycles. The van der Waals surface area contributed by atoms with E-state index in [1.54, 1.807) is 0 Å². The summed E-state index contributed by atoms with van der Waals surface area (Å²) in [5.41, 5.74) is 1.50. The van der Waals surface area contributed by atoms with Crippen molar-refractivity contribution in [3.63, 3.8) is 0 Å². The van der Waals surface area contributed by atoms with Gasteiger partial charge in [-0.25, -0.2) is 0 Å². The number of rotatable bonds is 3. The molecule has 0 saturated carbocycles. The van der Waals surface area contributed by atoms with Gasteiger partial charge in [0.1, 0.15) is 0 Å². The third-order valence-electron chi connectivity index (χ3n) is 6.85. The van der Waals surface area contributed by atoms with Crippen LogP contribution in [-0.2, 0) is 25.8 Å². The van der Waals surface area contributed by atoms with E-state index in [4.69, 9.17) is 37.4 Å². The minimum absolute atomic E-state index is 0.0799. The Morgan fingerprint density at radius 2 is 1.41 bits per heavy atom. The molecule has 2 aromatic carbocycles. The lowest BCUT2D eigenvalue weighted by Gasteiger charge is -2.58. The second kappa shape index (κ2) is 6.45. The third-order valence-corrected chi connectivity index (χ3v) is 7.36. The molecule has 4 bridgehead atoms. The van der Waals surface area contributed by atoms with E-state index in [2.05, 4.69) is 27.7 Å². The zero-order chi connectivity index (χ0) is 20.6. The highest BCUT2D eigenvalue weighted by Gasteiger charge is 2.74. The Labute approximate surface area is 182 Å². The van der Waals surface area contributed by atoms with E-state index >= 15 is 0 Å². The van der Waals surface area contributed by atoms with E-state index in [9.17, 15) is 0 Å². The van der Waals surface area contributed by atoms with Crippen molar-refractivity contribution in [2.24, 2.45) is 17.8 Å². The second-order valence-electron chi connectivity index (χ2n) is 9.42. The number of benzene rings is 2. The van der Waals surface area contributed by atoms with Gasteiger partial charge in [-0.3, -0.25) is 0 Å². The van der Waals surface area contributed by atoms with Crippen molar-refractivity contribution in [3.8, 4) is 0 Å². The van der Waals surface area contributed by atoms with E-state index in [0.717, 1.165) is 17.5 Å². The van der Waals surface area contributed by atoms with Gasteiger partial charge in [-0.2, -0.15) is 0 Å². The monoisotopic (exact) mass is 432 g/mol. The van der Waals surface area contributed by atoms with Gasteiger partial charge in [-0.15, -0.1) is 0 Å². The molecule has 4 fully saturated rings. The molecule has 4 aliphatic heterocycles. The Bertz CT molecular complexity index is 924. The lowest BCUT2D eigenvalue weighted by molar-refractivity contribution is -0.447. The summed E-state index contributed by atoms with van der Waals surface area (Å²) in [6.45, 7) is 8.77. The van der Waals surface area contributed by atoms with Crippen LogP contribution in [0.2, 0.25) is 10.0 Å². The van der Waals surface area contributed by atoms with Crippen molar-refractivity contribution < 1.29 is 14.2 Å². The standard InChI is InChI=1S/C24H26Cl2O3/c1-14(2)19-13-23(15-5-9-17(25)10-6-15)27-21-20(19)24(29-23,28-22(21,3)4)16-7-11-18(26)12-8-16/h5-12,14,19-21H,13H2,1-4H3/t19-,20-,21-,23+,24-/m1/s1. The van der Waals surface area contributed by atoms with Crippen molar-refractivity contribution in [3.05, 3.63) is 69.7 Å². The first kappa shape index (κ1) is 19.8. The van der Waals surface area contributed by atoms with E-state index in [1.165, 1.54) is 0 Å². The van der Waals surface area contributed by atoms with E-state index in [-0.39, 0.29) is 12.0 Å². The Morgan fingerprint density at radius 1 is 0.862 bits per heavy atom. The van der Waals surface area contributed by atoms with E-state index in [0.29, 0.717) is 21.9 Å². The summed E-state index contributed by atoms with van der Waals surface area (Å²) in [6.07, 6.45) is 0.714. The van der Waals surface area contributed by atoms with Gasteiger partial charge in [-0.05, 0) is 49.9 Å². The van der Waals surface area contributed by atoms with Crippen molar-refractivity contribution >= 4 is 23.2 Å². The number of hydrogen-bond acceptors (Lipinski definition) is 3. The molecule has 0 radical (unpaired) electrons. The molecule has 5 atom stereocenters. The van der Waals surface area contributed by atoms with Crippen LogP contribution in [0.15, 0.2) is 48.5 Å². The van der Waals surface area contributed by atoms with Gasteiger partial charge in [0, 0.05) is 27.6 Å². The van der Waals surface area contributed by atoms with Crippen LogP contribution in [-0.4, -0.2) is 11.7 Å². The number of ether oxygens (including phenoxy) is 3. The highest BCUT2D eigenvalue weighted by molar-refractivity contribution is 6.30. The highest BCUT2D eigenvalue weighted by atomic mass is 35.5. The van der Waals surface area contributed by atoms with Crippen LogP contribution in [0.1, 0.15) is 45.2 Å². The first-order chi connectivity index (χ1) is 13.7. The average molecular weight is 433 g/mol. The fourth-order valence-corrected chi connectivity index (χ4v) is 5.80. The molecule has 0 amide bonds. The van der Waals surface area contributed by atoms with Gasteiger partial charge in [-0.1, -0.05) is 61.3 Å². The van der Waals surface area contributed by atoms with Crippen molar-refractivity contribution in [2.75, 3.05) is 0 Å². The predicted molar refractivity (Wildman–Crippen MR) is 114 cm³/mol. The fraction of sp³-hybridized carbons (Fsp3) is 0.500. The van der Waals surface area contributed by atoms with Gasteiger partial charge in [0.2, 0.25) is 5.79 Å². The molecule has 154 valence electrons. The number of hydrogen-bond donors (Lipinski definition) is 0. The molecule has 0 spiro atoms. The highest BCUT2D eigenvalue weighted by Crippen LogP contribution is 2.68. The number of fused-ring (bicyclic) bond motifs is 1. The summed E-state index contributed by atoms with van der Waals surface area (Å²) in [7, 11) is 0. The Hall–Kier alpha value is -1.10. The maximum absolute atomic E-state index is 6.89. The van der Waals surface area contributed by atoms with Crippen molar-refractivity contribution in [2.45, 2.75) is 57.4 Å². The molecule has 3 nitrogen and oxygen atoms in total. The summed E-state index contributed by atoms with van der Waals surface area (Å²) < 4.78 is 20.4. The maximum Gasteiger partial charge on any atom is 0.204 e. The molecular weight excluding hydrogens is 407 g/mol. The summed E-state index contributed by atoms with van der Waals surface area (Å²) in [5, 5.41) is 1.39. The average Bonchev–Trinajstić information content (AvgIpc) is 2.85. The lowest BCUT2D eigenvalue weighted by Crippen LogP contribution is -2.63. The SMILES string of the molecule is CC(C)[C@H]1C[C@]2(c3ccc(Cl)cc3)O[C@@H]3[C@@H]1[C@](c1ccc(Cl)cc1)(OC3(C)C)O2. The molecule has 4 aliphatic rings. The van der Waals surface area contributed by atoms with Gasteiger partial charge in [0.25, 0.3) is 0 Å². The van der Waals surface area contributed by atoms with Crippen LogP contribution < -0.4 is 0 Å². The summed E-state index contributed by atoms with van der Waals surface area (Å²) in [6, 6.07) is 15.7. The normalized spacial score (nSPS) is 37.3. The first-order valence-corrected chi connectivity index (χ1v) is 11.0. The topological polar surface area (TPSA) is 27.7 Å². The minimum atomic E-state index is -0.871. The van der Waals surface area contributed by atoms with Crippen molar-refractivity contribution in [1.82, 2.24) is 0 Å². The number of halogens is 2. The Morgan fingerprint density at radius 3 is 1.97 bits per heavy atom. The largest absolute Gasteiger partial charge is 0.339 e. The summed E-state index contributed by atoms with van der Waals surface area (Å²) in [4.78, 5) is 0. The molecule has 0 unspecified atom stereocenters. The van der Waals surface area contributed by atoms with E-state index in [1.807, 2.05) is 48.5 Å². The van der Waals surface area contributed by atoms with Crippen LogP contribution in [0, 0.1) is 17.8 Å². The molecule has 5 heteroatoms. The van der Waals surface area contributed by atoms with Crippen LogP contribution in [0.4, 0.5) is 0 Å². The molecule has 6 rings (SSSR count). The zero-order valence-electron chi connectivity index (χ0n) is 17.1. The predicted octanol–water partition coefficient (Wildman–Crippen LogP) is 6.52. The smallest absolute Gasteiger partial charge is 0.204 e. The van der Waals surface area contributed by atoms with Crippen LogP contribution in [0.3, 0.4) is 0 Å².